The normalized spacial score (nSPS) is 9.85. The number of para-hydroxylation sites is 1. The summed E-state index contributed by atoms with van der Waals surface area (Å²) in [6, 6.07) is 9.72. The number of nitro groups is 1. The van der Waals surface area contributed by atoms with Gasteiger partial charge in [-0.05, 0) is 24.3 Å². The maximum Gasteiger partial charge on any atom is 0.314 e. The number of ether oxygens (including phenoxy) is 1. The highest BCUT2D eigenvalue weighted by Crippen LogP contribution is 2.34. The molecule has 0 saturated heterocycles. The molecule has 0 spiro atoms. The Morgan fingerprint density at radius 2 is 2.10 bits per heavy atom. The molecular weight excluding hydrogens is 331 g/mol. The van der Waals surface area contributed by atoms with Gasteiger partial charge in [-0.2, -0.15) is 5.26 Å². The second-order valence-corrected chi connectivity index (χ2v) is 4.65. The van der Waals surface area contributed by atoms with Crippen molar-refractivity contribution in [1.82, 2.24) is 0 Å². The van der Waals surface area contributed by atoms with Gasteiger partial charge in [0, 0.05) is 10.5 Å². The van der Waals surface area contributed by atoms with Crippen LogP contribution < -0.4 is 4.74 Å². The predicted molar refractivity (Wildman–Crippen MR) is 72.0 cm³/mol. The van der Waals surface area contributed by atoms with Gasteiger partial charge in [0.05, 0.1) is 16.6 Å². The van der Waals surface area contributed by atoms with Crippen LogP contribution in [0.15, 0.2) is 40.9 Å². The molecule has 0 radical (unpaired) electrons. The SMILES string of the molecule is N#Cc1cc(Br)cc(Oc2c(F)cccc2[N+](=O)[O-])c1. The number of rotatable bonds is 3. The number of nitro benzene ring substituents is 1. The standard InChI is InChI=1S/C13H6BrFN2O3/c14-9-4-8(7-16)5-10(6-9)20-13-11(15)2-1-3-12(13)17(18)19/h1-6H. The maximum atomic E-state index is 13.7. The lowest BCUT2D eigenvalue weighted by atomic mass is 10.2. The van der Waals surface area contributed by atoms with Crippen molar-refractivity contribution in [2.45, 2.75) is 0 Å². The lowest BCUT2D eigenvalue weighted by molar-refractivity contribution is -0.385. The summed E-state index contributed by atoms with van der Waals surface area (Å²) in [5.74, 6) is -1.21. The quantitative estimate of drug-likeness (QED) is 0.622. The molecule has 0 N–H and O–H groups in total. The lowest BCUT2D eigenvalue weighted by Gasteiger charge is -2.08. The van der Waals surface area contributed by atoms with E-state index >= 15 is 0 Å². The van der Waals surface area contributed by atoms with Crippen molar-refractivity contribution >= 4 is 21.6 Å². The lowest BCUT2D eigenvalue weighted by Crippen LogP contribution is -1.96. The Bertz CT molecular complexity index is 728. The highest BCUT2D eigenvalue weighted by atomic mass is 79.9. The fourth-order valence-corrected chi connectivity index (χ4v) is 2.02. The van der Waals surface area contributed by atoms with Crippen LogP contribution in [0.1, 0.15) is 5.56 Å². The Morgan fingerprint density at radius 3 is 2.75 bits per heavy atom. The molecular formula is C13H6BrFN2O3. The van der Waals surface area contributed by atoms with Crippen LogP contribution in [0.4, 0.5) is 10.1 Å². The zero-order chi connectivity index (χ0) is 14.7. The molecule has 0 saturated carbocycles. The fourth-order valence-electron chi connectivity index (χ4n) is 1.55. The van der Waals surface area contributed by atoms with E-state index in [1.54, 1.807) is 6.07 Å². The average Bonchev–Trinajstić information content (AvgIpc) is 2.40. The molecule has 0 atom stereocenters. The van der Waals surface area contributed by atoms with Gasteiger partial charge in [-0.15, -0.1) is 0 Å². The molecule has 0 aromatic heterocycles. The Hall–Kier alpha value is -2.46. The largest absolute Gasteiger partial charge is 0.447 e. The van der Waals surface area contributed by atoms with Crippen LogP contribution in [0, 0.1) is 27.3 Å². The third kappa shape index (κ3) is 2.92. The van der Waals surface area contributed by atoms with Crippen LogP contribution in [-0.4, -0.2) is 4.92 Å². The molecule has 0 bridgehead atoms. The van der Waals surface area contributed by atoms with E-state index in [9.17, 15) is 14.5 Å². The first-order chi connectivity index (χ1) is 9.51. The highest BCUT2D eigenvalue weighted by Gasteiger charge is 2.20. The van der Waals surface area contributed by atoms with E-state index in [0.717, 1.165) is 12.1 Å². The van der Waals surface area contributed by atoms with E-state index in [4.69, 9.17) is 10.00 Å². The molecule has 0 aliphatic carbocycles. The molecule has 0 aliphatic rings. The van der Waals surface area contributed by atoms with E-state index in [0.29, 0.717) is 4.47 Å². The summed E-state index contributed by atoms with van der Waals surface area (Å²) in [6.07, 6.45) is 0. The fraction of sp³-hybridized carbons (Fsp3) is 0. The Kier molecular flexibility index (Phi) is 3.96. The van der Waals surface area contributed by atoms with Gasteiger partial charge in [0.15, 0.2) is 5.82 Å². The first kappa shape index (κ1) is 14.0. The maximum absolute atomic E-state index is 13.7. The molecule has 0 amide bonds. The van der Waals surface area contributed by atoms with Gasteiger partial charge in [0.2, 0.25) is 5.75 Å². The van der Waals surface area contributed by atoms with E-state index in [-0.39, 0.29) is 11.3 Å². The van der Waals surface area contributed by atoms with Gasteiger partial charge >= 0.3 is 5.69 Å². The van der Waals surface area contributed by atoms with Gasteiger partial charge in [-0.25, -0.2) is 4.39 Å². The minimum Gasteiger partial charge on any atom is -0.447 e. The van der Waals surface area contributed by atoms with Crippen molar-refractivity contribution in [3.63, 3.8) is 0 Å². The van der Waals surface area contributed by atoms with Crippen molar-refractivity contribution < 1.29 is 14.1 Å². The van der Waals surface area contributed by atoms with Crippen molar-refractivity contribution in [3.05, 3.63) is 62.4 Å². The topological polar surface area (TPSA) is 76.2 Å². The van der Waals surface area contributed by atoms with Crippen molar-refractivity contribution in [2.24, 2.45) is 0 Å². The molecule has 20 heavy (non-hydrogen) atoms. The van der Waals surface area contributed by atoms with Gasteiger partial charge in [0.1, 0.15) is 5.75 Å². The Labute approximate surface area is 121 Å². The summed E-state index contributed by atoms with van der Waals surface area (Å²) < 4.78 is 19.4. The Balaban J connectivity index is 2.48. The van der Waals surface area contributed by atoms with Crippen LogP contribution in [0.3, 0.4) is 0 Å². The Morgan fingerprint density at radius 1 is 1.35 bits per heavy atom. The minimum atomic E-state index is -0.849. The van der Waals surface area contributed by atoms with Crippen LogP contribution >= 0.6 is 15.9 Å². The predicted octanol–water partition coefficient (Wildman–Crippen LogP) is 4.16. The third-order valence-corrected chi connectivity index (χ3v) is 2.82. The molecule has 0 aliphatic heterocycles. The number of halogens is 2. The van der Waals surface area contributed by atoms with E-state index in [1.807, 2.05) is 6.07 Å². The summed E-state index contributed by atoms with van der Waals surface area (Å²) in [7, 11) is 0. The number of hydrogen-bond acceptors (Lipinski definition) is 4. The molecule has 7 heteroatoms. The van der Waals surface area contributed by atoms with Gasteiger partial charge in [-0.1, -0.05) is 22.0 Å². The van der Waals surface area contributed by atoms with Crippen LogP contribution in [0.2, 0.25) is 0 Å². The van der Waals surface area contributed by atoms with E-state index < -0.39 is 22.2 Å². The van der Waals surface area contributed by atoms with Gasteiger partial charge < -0.3 is 4.74 Å². The average molecular weight is 337 g/mol. The van der Waals surface area contributed by atoms with Crippen molar-refractivity contribution in [1.29, 1.82) is 5.26 Å². The minimum absolute atomic E-state index is 0.129. The van der Waals surface area contributed by atoms with Crippen LogP contribution in [-0.2, 0) is 0 Å². The molecule has 2 aromatic rings. The van der Waals surface area contributed by atoms with Gasteiger partial charge in [-0.3, -0.25) is 10.1 Å². The molecule has 5 nitrogen and oxygen atoms in total. The van der Waals surface area contributed by atoms with Crippen LogP contribution in [0.5, 0.6) is 11.5 Å². The molecule has 0 fully saturated rings. The second kappa shape index (κ2) is 5.67. The molecule has 2 rings (SSSR count). The first-order valence-electron chi connectivity index (χ1n) is 5.32. The summed E-state index contributed by atoms with van der Waals surface area (Å²) in [6.45, 7) is 0. The summed E-state index contributed by atoms with van der Waals surface area (Å²) in [5.41, 5.74) is -0.197. The van der Waals surface area contributed by atoms with Gasteiger partial charge in [0.25, 0.3) is 0 Å². The number of hydrogen-bond donors (Lipinski definition) is 0. The van der Waals surface area contributed by atoms with Crippen molar-refractivity contribution in [2.75, 3.05) is 0 Å². The van der Waals surface area contributed by atoms with E-state index in [1.165, 1.54) is 18.2 Å². The molecule has 100 valence electrons. The number of nitrogens with zero attached hydrogens (tertiary/aromatic N) is 2. The third-order valence-electron chi connectivity index (χ3n) is 2.36. The summed E-state index contributed by atoms with van der Waals surface area (Å²) in [5, 5.41) is 19.7. The monoisotopic (exact) mass is 336 g/mol. The number of nitriles is 1. The molecule has 2 aromatic carbocycles. The van der Waals surface area contributed by atoms with E-state index in [2.05, 4.69) is 15.9 Å². The van der Waals surface area contributed by atoms with Crippen LogP contribution in [0.25, 0.3) is 0 Å². The number of benzene rings is 2. The second-order valence-electron chi connectivity index (χ2n) is 3.73. The molecule has 0 heterocycles. The highest BCUT2D eigenvalue weighted by molar-refractivity contribution is 9.10. The summed E-state index contributed by atoms with van der Waals surface area (Å²) >= 11 is 3.17. The zero-order valence-corrected chi connectivity index (χ0v) is 11.4. The summed E-state index contributed by atoms with van der Waals surface area (Å²) in [4.78, 5) is 10.1. The zero-order valence-electron chi connectivity index (χ0n) is 9.84. The smallest absolute Gasteiger partial charge is 0.314 e. The molecule has 0 unspecified atom stereocenters. The first-order valence-corrected chi connectivity index (χ1v) is 6.12. The van der Waals surface area contributed by atoms with Crippen molar-refractivity contribution in [3.8, 4) is 17.6 Å².